The SMILES string of the molecule is CCCS(=O)(=O)CCOc1ccc(C)cc1CCl. The molecule has 0 saturated carbocycles. The molecule has 18 heavy (non-hydrogen) atoms. The summed E-state index contributed by atoms with van der Waals surface area (Å²) in [5, 5.41) is 0. The molecule has 0 radical (unpaired) electrons. The second-order valence-electron chi connectivity index (χ2n) is 4.25. The van der Waals surface area contributed by atoms with Gasteiger partial charge in [-0.05, 0) is 19.4 Å². The minimum Gasteiger partial charge on any atom is -0.492 e. The van der Waals surface area contributed by atoms with Crippen molar-refractivity contribution >= 4 is 21.4 Å². The molecule has 0 heterocycles. The van der Waals surface area contributed by atoms with Crippen molar-refractivity contribution in [1.29, 1.82) is 0 Å². The zero-order chi connectivity index (χ0) is 13.6. The second kappa shape index (κ2) is 7.00. The molecular formula is C13H19ClO3S. The first kappa shape index (κ1) is 15.3. The topological polar surface area (TPSA) is 43.4 Å². The van der Waals surface area contributed by atoms with E-state index in [-0.39, 0.29) is 18.1 Å². The Hall–Kier alpha value is -0.740. The van der Waals surface area contributed by atoms with Crippen LogP contribution in [0.3, 0.4) is 0 Å². The normalized spacial score (nSPS) is 11.5. The van der Waals surface area contributed by atoms with Crippen LogP contribution in [-0.4, -0.2) is 26.5 Å². The van der Waals surface area contributed by atoms with Gasteiger partial charge in [0, 0.05) is 5.56 Å². The van der Waals surface area contributed by atoms with Crippen LogP contribution in [0.25, 0.3) is 0 Å². The molecule has 0 aliphatic heterocycles. The second-order valence-corrected chi connectivity index (χ2v) is 6.82. The standard InChI is InChI=1S/C13H19ClO3S/c1-3-7-18(15,16)8-6-17-13-5-4-11(2)9-12(13)10-14/h4-5,9H,3,6-8,10H2,1-2H3. The molecule has 1 aromatic carbocycles. The van der Waals surface area contributed by atoms with E-state index in [9.17, 15) is 8.42 Å². The molecule has 0 fully saturated rings. The third kappa shape index (κ3) is 4.86. The predicted octanol–water partition coefficient (Wildman–Crippen LogP) is 2.94. The van der Waals surface area contributed by atoms with E-state index in [1.165, 1.54) is 0 Å². The highest BCUT2D eigenvalue weighted by atomic mass is 35.5. The van der Waals surface area contributed by atoms with Crippen LogP contribution in [0.5, 0.6) is 5.75 Å². The van der Waals surface area contributed by atoms with Crippen molar-refractivity contribution < 1.29 is 13.2 Å². The van der Waals surface area contributed by atoms with Gasteiger partial charge < -0.3 is 4.74 Å². The summed E-state index contributed by atoms with van der Waals surface area (Å²) in [6, 6.07) is 5.70. The van der Waals surface area contributed by atoms with Crippen LogP contribution in [0.2, 0.25) is 0 Å². The van der Waals surface area contributed by atoms with Crippen LogP contribution in [0, 0.1) is 6.92 Å². The van der Waals surface area contributed by atoms with E-state index >= 15 is 0 Å². The fourth-order valence-corrected chi connectivity index (χ4v) is 3.02. The molecule has 3 nitrogen and oxygen atoms in total. The van der Waals surface area contributed by atoms with Crippen molar-refractivity contribution in [2.75, 3.05) is 18.1 Å². The number of alkyl halides is 1. The molecule has 0 aromatic heterocycles. The summed E-state index contributed by atoms with van der Waals surface area (Å²) >= 11 is 5.82. The lowest BCUT2D eigenvalue weighted by atomic mass is 10.1. The summed E-state index contributed by atoms with van der Waals surface area (Å²) in [6.07, 6.45) is 0.639. The number of sulfone groups is 1. The van der Waals surface area contributed by atoms with Gasteiger partial charge in [0.25, 0.3) is 0 Å². The Balaban J connectivity index is 2.59. The summed E-state index contributed by atoms with van der Waals surface area (Å²) in [5.41, 5.74) is 2.00. The van der Waals surface area contributed by atoms with Crippen molar-refractivity contribution in [3.63, 3.8) is 0 Å². The summed E-state index contributed by atoms with van der Waals surface area (Å²) in [6.45, 7) is 4.00. The molecule has 0 aliphatic rings. The van der Waals surface area contributed by atoms with E-state index in [0.29, 0.717) is 18.1 Å². The van der Waals surface area contributed by atoms with Crippen LogP contribution in [-0.2, 0) is 15.7 Å². The highest BCUT2D eigenvalue weighted by Gasteiger charge is 2.10. The zero-order valence-electron chi connectivity index (χ0n) is 10.8. The molecule has 0 unspecified atom stereocenters. The van der Waals surface area contributed by atoms with Crippen molar-refractivity contribution in [2.24, 2.45) is 0 Å². The van der Waals surface area contributed by atoms with Gasteiger partial charge in [-0.2, -0.15) is 0 Å². The van der Waals surface area contributed by atoms with Crippen molar-refractivity contribution in [3.05, 3.63) is 29.3 Å². The van der Waals surface area contributed by atoms with E-state index in [4.69, 9.17) is 16.3 Å². The third-order valence-electron chi connectivity index (χ3n) is 2.53. The van der Waals surface area contributed by atoms with E-state index in [0.717, 1.165) is 11.1 Å². The Morgan fingerprint density at radius 1 is 1.28 bits per heavy atom. The number of hydrogen-bond donors (Lipinski definition) is 0. The molecule has 0 aliphatic carbocycles. The number of benzene rings is 1. The quantitative estimate of drug-likeness (QED) is 0.725. The number of ether oxygens (including phenoxy) is 1. The first-order chi connectivity index (χ1) is 8.48. The molecular weight excluding hydrogens is 272 g/mol. The van der Waals surface area contributed by atoms with Crippen molar-refractivity contribution in [3.8, 4) is 5.75 Å². The molecule has 1 aromatic rings. The highest BCUT2D eigenvalue weighted by molar-refractivity contribution is 7.91. The third-order valence-corrected chi connectivity index (χ3v) is 4.63. The predicted molar refractivity (Wildman–Crippen MR) is 75.2 cm³/mol. The van der Waals surface area contributed by atoms with E-state index in [1.54, 1.807) is 0 Å². The lowest BCUT2D eigenvalue weighted by Gasteiger charge is -2.10. The van der Waals surface area contributed by atoms with Gasteiger partial charge in [0.2, 0.25) is 0 Å². The molecule has 0 N–H and O–H groups in total. The first-order valence-electron chi connectivity index (χ1n) is 5.97. The van der Waals surface area contributed by atoms with Gasteiger partial charge in [0.1, 0.15) is 12.4 Å². The van der Waals surface area contributed by atoms with Gasteiger partial charge in [-0.15, -0.1) is 11.6 Å². The van der Waals surface area contributed by atoms with Crippen LogP contribution in [0.4, 0.5) is 0 Å². The maximum atomic E-state index is 11.5. The van der Waals surface area contributed by atoms with E-state index in [2.05, 4.69) is 0 Å². The van der Waals surface area contributed by atoms with Gasteiger partial charge in [0.05, 0.1) is 17.4 Å². The average molecular weight is 291 g/mol. The molecule has 0 spiro atoms. The van der Waals surface area contributed by atoms with Crippen LogP contribution in [0.15, 0.2) is 18.2 Å². The first-order valence-corrected chi connectivity index (χ1v) is 8.33. The maximum Gasteiger partial charge on any atom is 0.153 e. The molecule has 5 heteroatoms. The van der Waals surface area contributed by atoms with Gasteiger partial charge >= 0.3 is 0 Å². The fraction of sp³-hybridized carbons (Fsp3) is 0.538. The van der Waals surface area contributed by atoms with Crippen molar-refractivity contribution in [1.82, 2.24) is 0 Å². The van der Waals surface area contributed by atoms with Crippen LogP contribution < -0.4 is 4.74 Å². The van der Waals surface area contributed by atoms with Crippen LogP contribution in [0.1, 0.15) is 24.5 Å². The Bertz CT molecular complexity index is 483. The van der Waals surface area contributed by atoms with E-state index in [1.807, 2.05) is 32.0 Å². The Morgan fingerprint density at radius 3 is 2.61 bits per heavy atom. The molecule has 0 amide bonds. The fourth-order valence-electron chi connectivity index (χ4n) is 1.65. The van der Waals surface area contributed by atoms with Gasteiger partial charge in [0.15, 0.2) is 9.84 Å². The number of hydrogen-bond acceptors (Lipinski definition) is 3. The largest absolute Gasteiger partial charge is 0.492 e. The zero-order valence-corrected chi connectivity index (χ0v) is 12.4. The van der Waals surface area contributed by atoms with E-state index < -0.39 is 9.84 Å². The Labute approximate surface area is 114 Å². The minimum absolute atomic E-state index is 0.0520. The molecule has 0 saturated heterocycles. The van der Waals surface area contributed by atoms with Gasteiger partial charge in [-0.3, -0.25) is 0 Å². The summed E-state index contributed by atoms with van der Waals surface area (Å²) in [5.74, 6) is 1.30. The smallest absolute Gasteiger partial charge is 0.153 e. The molecule has 0 bridgehead atoms. The lowest BCUT2D eigenvalue weighted by molar-refractivity contribution is 0.338. The van der Waals surface area contributed by atoms with Gasteiger partial charge in [-0.1, -0.05) is 24.6 Å². The summed E-state index contributed by atoms with van der Waals surface area (Å²) < 4.78 is 28.5. The maximum absolute atomic E-state index is 11.5. The summed E-state index contributed by atoms with van der Waals surface area (Å²) in [7, 11) is -2.99. The molecule has 102 valence electrons. The molecule has 0 atom stereocenters. The Morgan fingerprint density at radius 2 is 2.00 bits per heavy atom. The molecule has 1 rings (SSSR count). The minimum atomic E-state index is -2.99. The number of rotatable bonds is 7. The lowest BCUT2D eigenvalue weighted by Crippen LogP contribution is -2.17. The van der Waals surface area contributed by atoms with Crippen LogP contribution >= 0.6 is 11.6 Å². The number of aryl methyl sites for hydroxylation is 1. The van der Waals surface area contributed by atoms with Crippen molar-refractivity contribution in [2.45, 2.75) is 26.1 Å². The van der Waals surface area contributed by atoms with Gasteiger partial charge in [-0.25, -0.2) is 8.42 Å². The monoisotopic (exact) mass is 290 g/mol. The summed E-state index contributed by atoms with van der Waals surface area (Å²) in [4.78, 5) is 0. The number of halogens is 1. The highest BCUT2D eigenvalue weighted by Crippen LogP contribution is 2.21. The Kier molecular flexibility index (Phi) is 5.96. The average Bonchev–Trinajstić information content (AvgIpc) is 2.30.